The van der Waals surface area contributed by atoms with Gasteiger partial charge in [0.1, 0.15) is 5.82 Å². The van der Waals surface area contributed by atoms with Crippen LogP contribution in [0.2, 0.25) is 0 Å². The molecular formula is C18H25FN2O3S. The minimum absolute atomic E-state index is 0.0525. The average molecular weight is 368 g/mol. The molecule has 2 fully saturated rings. The number of likely N-dealkylation sites (tertiary alicyclic amines) is 1. The molecule has 138 valence electrons. The van der Waals surface area contributed by atoms with Gasteiger partial charge >= 0.3 is 0 Å². The maximum absolute atomic E-state index is 13.6. The number of carbonyl (C=O) groups is 1. The van der Waals surface area contributed by atoms with E-state index in [-0.39, 0.29) is 16.8 Å². The first-order valence-corrected chi connectivity index (χ1v) is 10.4. The maximum atomic E-state index is 13.6. The van der Waals surface area contributed by atoms with Gasteiger partial charge in [-0.3, -0.25) is 4.79 Å². The summed E-state index contributed by atoms with van der Waals surface area (Å²) in [6, 6.07) is 3.76. The van der Waals surface area contributed by atoms with Crippen molar-refractivity contribution < 1.29 is 17.6 Å². The first kappa shape index (κ1) is 18.3. The van der Waals surface area contributed by atoms with Gasteiger partial charge in [0.05, 0.1) is 4.90 Å². The molecule has 7 heteroatoms. The lowest BCUT2D eigenvalue weighted by Crippen LogP contribution is -2.45. The quantitative estimate of drug-likeness (QED) is 0.803. The summed E-state index contributed by atoms with van der Waals surface area (Å²) < 4.78 is 41.4. The van der Waals surface area contributed by atoms with Gasteiger partial charge < -0.3 is 4.90 Å². The van der Waals surface area contributed by atoms with Crippen molar-refractivity contribution in [1.29, 1.82) is 0 Å². The minimum Gasteiger partial charge on any atom is -0.343 e. The van der Waals surface area contributed by atoms with Crippen LogP contribution in [0.5, 0.6) is 0 Å². The van der Waals surface area contributed by atoms with Crippen molar-refractivity contribution in [3.8, 4) is 0 Å². The predicted octanol–water partition coefficient (Wildman–Crippen LogP) is 2.69. The Balaban J connectivity index is 1.79. The van der Waals surface area contributed by atoms with E-state index in [1.54, 1.807) is 6.92 Å². The molecule has 2 saturated heterocycles. The molecule has 1 aromatic rings. The maximum Gasteiger partial charge on any atom is 0.243 e. The molecule has 2 heterocycles. The molecule has 0 N–H and O–H groups in total. The molecule has 0 saturated carbocycles. The highest BCUT2D eigenvalue weighted by molar-refractivity contribution is 7.89. The molecule has 2 aliphatic rings. The summed E-state index contributed by atoms with van der Waals surface area (Å²) in [7, 11) is -3.73. The number of amides is 1. The number of sulfonamides is 1. The van der Waals surface area contributed by atoms with E-state index in [4.69, 9.17) is 0 Å². The fourth-order valence-corrected chi connectivity index (χ4v) is 5.76. The van der Waals surface area contributed by atoms with Gasteiger partial charge in [-0.15, -0.1) is 0 Å². The van der Waals surface area contributed by atoms with Gasteiger partial charge in [-0.05, 0) is 50.3 Å². The van der Waals surface area contributed by atoms with Crippen LogP contribution in [0, 0.1) is 12.7 Å². The number of rotatable bonds is 5. The van der Waals surface area contributed by atoms with Crippen molar-refractivity contribution in [2.45, 2.75) is 56.4 Å². The number of nitrogens with zero attached hydrogens (tertiary/aromatic N) is 2. The van der Waals surface area contributed by atoms with Crippen molar-refractivity contribution >= 4 is 15.9 Å². The second-order valence-electron chi connectivity index (χ2n) is 6.95. The first-order valence-electron chi connectivity index (χ1n) is 8.95. The Kier molecular flexibility index (Phi) is 5.43. The third kappa shape index (κ3) is 3.87. The van der Waals surface area contributed by atoms with Crippen molar-refractivity contribution in [3.63, 3.8) is 0 Å². The number of benzene rings is 1. The van der Waals surface area contributed by atoms with Crippen LogP contribution in [0.15, 0.2) is 23.1 Å². The average Bonchev–Trinajstić information content (AvgIpc) is 3.00. The normalized spacial score (nSPS) is 22.6. The van der Waals surface area contributed by atoms with Gasteiger partial charge in [-0.1, -0.05) is 12.5 Å². The van der Waals surface area contributed by atoms with E-state index in [0.29, 0.717) is 31.5 Å². The second-order valence-corrected chi connectivity index (χ2v) is 8.81. The molecule has 1 amide bonds. The Bertz CT molecular complexity index is 751. The van der Waals surface area contributed by atoms with Crippen molar-refractivity contribution in [1.82, 2.24) is 9.21 Å². The van der Waals surface area contributed by atoms with E-state index in [9.17, 15) is 17.6 Å². The summed E-state index contributed by atoms with van der Waals surface area (Å²) in [6.45, 7) is 3.50. The zero-order chi connectivity index (χ0) is 18.0. The highest BCUT2D eigenvalue weighted by atomic mass is 32.2. The van der Waals surface area contributed by atoms with E-state index < -0.39 is 15.8 Å². The molecule has 0 aromatic heterocycles. The van der Waals surface area contributed by atoms with Crippen LogP contribution in [0.4, 0.5) is 4.39 Å². The third-order valence-corrected chi connectivity index (χ3v) is 7.31. The van der Waals surface area contributed by atoms with Crippen LogP contribution in [0.3, 0.4) is 0 Å². The smallest absolute Gasteiger partial charge is 0.243 e. The number of carbonyl (C=O) groups excluding carboxylic acids is 1. The number of piperidine rings is 1. The Morgan fingerprint density at radius 3 is 2.72 bits per heavy atom. The lowest BCUT2D eigenvalue weighted by atomic mass is 10.0. The summed E-state index contributed by atoms with van der Waals surface area (Å²) in [5.74, 6) is -0.383. The SMILES string of the molecule is Cc1ccc(F)cc1S(=O)(=O)N1CCCC[C@@H]1CCN1CCCC1=O. The highest BCUT2D eigenvalue weighted by Crippen LogP contribution is 2.29. The second kappa shape index (κ2) is 7.41. The summed E-state index contributed by atoms with van der Waals surface area (Å²) in [5, 5.41) is 0. The van der Waals surface area contributed by atoms with Gasteiger partial charge in [0, 0.05) is 32.1 Å². The van der Waals surface area contributed by atoms with Gasteiger partial charge in [0.15, 0.2) is 0 Å². The molecule has 0 bridgehead atoms. The van der Waals surface area contributed by atoms with Gasteiger partial charge in [-0.25, -0.2) is 12.8 Å². The fourth-order valence-electron chi connectivity index (χ4n) is 3.80. The van der Waals surface area contributed by atoms with Crippen LogP contribution in [-0.4, -0.2) is 49.2 Å². The Morgan fingerprint density at radius 2 is 2.00 bits per heavy atom. The highest BCUT2D eigenvalue weighted by Gasteiger charge is 2.35. The first-order chi connectivity index (χ1) is 11.9. The number of hydrogen-bond acceptors (Lipinski definition) is 3. The van der Waals surface area contributed by atoms with Crippen molar-refractivity contribution in [2.24, 2.45) is 0 Å². The van der Waals surface area contributed by atoms with E-state index in [0.717, 1.165) is 38.3 Å². The molecular weight excluding hydrogens is 343 g/mol. The molecule has 3 rings (SSSR count). The lowest BCUT2D eigenvalue weighted by molar-refractivity contribution is -0.127. The fraction of sp³-hybridized carbons (Fsp3) is 0.611. The van der Waals surface area contributed by atoms with E-state index in [2.05, 4.69) is 0 Å². The van der Waals surface area contributed by atoms with Crippen molar-refractivity contribution in [2.75, 3.05) is 19.6 Å². The molecule has 0 unspecified atom stereocenters. The number of halogens is 1. The van der Waals surface area contributed by atoms with E-state index >= 15 is 0 Å². The topological polar surface area (TPSA) is 57.7 Å². The van der Waals surface area contributed by atoms with Crippen LogP contribution in [0.25, 0.3) is 0 Å². The molecule has 1 atom stereocenters. The lowest BCUT2D eigenvalue weighted by Gasteiger charge is -2.35. The van der Waals surface area contributed by atoms with Gasteiger partial charge in [0.2, 0.25) is 15.9 Å². The zero-order valence-corrected chi connectivity index (χ0v) is 15.4. The van der Waals surface area contributed by atoms with Crippen molar-refractivity contribution in [3.05, 3.63) is 29.6 Å². The largest absolute Gasteiger partial charge is 0.343 e. The molecule has 0 radical (unpaired) electrons. The minimum atomic E-state index is -3.73. The standard InChI is InChI=1S/C18H25FN2O3S/c1-14-7-8-15(19)13-17(14)25(23,24)21-11-3-2-5-16(21)9-12-20-10-4-6-18(20)22/h7-8,13,16H,2-6,9-12H2,1H3/t16-/m1/s1. The number of aryl methyl sites for hydroxylation is 1. The van der Waals surface area contributed by atoms with Crippen LogP contribution < -0.4 is 0 Å². The molecule has 5 nitrogen and oxygen atoms in total. The predicted molar refractivity (Wildman–Crippen MR) is 93.1 cm³/mol. The molecule has 0 spiro atoms. The molecule has 0 aliphatic carbocycles. The summed E-state index contributed by atoms with van der Waals surface area (Å²) >= 11 is 0. The molecule has 1 aromatic carbocycles. The summed E-state index contributed by atoms with van der Waals surface area (Å²) in [6.07, 6.45) is 4.69. The van der Waals surface area contributed by atoms with Crippen LogP contribution in [-0.2, 0) is 14.8 Å². The van der Waals surface area contributed by atoms with Gasteiger partial charge in [-0.2, -0.15) is 4.31 Å². The monoisotopic (exact) mass is 368 g/mol. The number of hydrogen-bond donors (Lipinski definition) is 0. The summed E-state index contributed by atoms with van der Waals surface area (Å²) in [5.41, 5.74) is 0.556. The molecule has 25 heavy (non-hydrogen) atoms. The third-order valence-electron chi connectivity index (χ3n) is 5.21. The molecule has 2 aliphatic heterocycles. The Labute approximate surface area is 148 Å². The van der Waals surface area contributed by atoms with Crippen LogP contribution >= 0.6 is 0 Å². The van der Waals surface area contributed by atoms with E-state index in [1.165, 1.54) is 16.4 Å². The van der Waals surface area contributed by atoms with Crippen LogP contribution in [0.1, 0.15) is 44.1 Å². The zero-order valence-electron chi connectivity index (χ0n) is 14.6. The van der Waals surface area contributed by atoms with E-state index in [1.807, 2.05) is 4.90 Å². The Morgan fingerprint density at radius 1 is 1.20 bits per heavy atom. The Hall–Kier alpha value is -1.47. The summed E-state index contributed by atoms with van der Waals surface area (Å²) in [4.78, 5) is 13.7. The van der Waals surface area contributed by atoms with Gasteiger partial charge in [0.25, 0.3) is 0 Å².